The van der Waals surface area contributed by atoms with E-state index in [2.05, 4.69) is 43.5 Å². The Morgan fingerprint density at radius 2 is 1.56 bits per heavy atom. The average Bonchev–Trinajstić information content (AvgIpc) is 3.68. The van der Waals surface area contributed by atoms with Crippen LogP contribution in [-0.2, 0) is 39.4 Å². The van der Waals surface area contributed by atoms with Gasteiger partial charge >= 0.3 is 0 Å². The van der Waals surface area contributed by atoms with E-state index in [1.807, 2.05) is 91.0 Å². The summed E-state index contributed by atoms with van der Waals surface area (Å²) in [6.07, 6.45) is 0.00669. The Morgan fingerprint density at radius 1 is 0.864 bits per heavy atom. The van der Waals surface area contributed by atoms with Crippen LogP contribution in [0.5, 0.6) is 11.5 Å². The number of aliphatic hydroxyl groups excluding tert-OH is 1. The Bertz CT molecular complexity index is 2370. The van der Waals surface area contributed by atoms with Gasteiger partial charge in [-0.2, -0.15) is 0 Å². The highest BCUT2D eigenvalue weighted by Gasteiger charge is 2.66. The van der Waals surface area contributed by atoms with Gasteiger partial charge in [0.15, 0.2) is 5.60 Å². The van der Waals surface area contributed by atoms with Crippen molar-refractivity contribution in [1.82, 2.24) is 4.90 Å². The van der Waals surface area contributed by atoms with Crippen molar-refractivity contribution in [2.24, 2.45) is 5.92 Å². The first-order chi connectivity index (χ1) is 28.5. The molecule has 59 heavy (non-hydrogen) atoms. The Morgan fingerprint density at radius 3 is 2.27 bits per heavy atom. The number of hydrogen-bond donors (Lipinski definition) is 2. The fourth-order valence-corrected chi connectivity index (χ4v) is 13.8. The normalized spacial score (nSPS) is 22.2. The summed E-state index contributed by atoms with van der Waals surface area (Å²) in [5, 5.41) is 14.7. The Hall–Kier alpha value is -5.75. The molecule has 5 atom stereocenters. The third-order valence-electron chi connectivity index (χ3n) is 12.9. The van der Waals surface area contributed by atoms with E-state index in [0.717, 1.165) is 27.6 Å². The number of fused-ring (bicyclic) bond motifs is 3. The second-order valence-corrected chi connectivity index (χ2v) is 21.2. The van der Waals surface area contributed by atoms with Gasteiger partial charge in [0, 0.05) is 29.3 Å². The van der Waals surface area contributed by atoms with Gasteiger partial charge < -0.3 is 34.4 Å². The monoisotopic (exact) mass is 809 g/mol. The number of ether oxygens (including phenoxy) is 3. The molecule has 11 heteroatoms. The lowest BCUT2D eigenvalue weighted by Crippen LogP contribution is -2.52. The van der Waals surface area contributed by atoms with Gasteiger partial charge in [-0.1, -0.05) is 91.9 Å². The number of nitrogens with one attached hydrogen (secondary N) is 1. The number of rotatable bonds is 11. The van der Waals surface area contributed by atoms with Crippen LogP contribution in [0.25, 0.3) is 0 Å². The summed E-state index contributed by atoms with van der Waals surface area (Å²) in [7, 11) is 0.690. The van der Waals surface area contributed by atoms with Gasteiger partial charge in [-0.05, 0) is 83.2 Å². The van der Waals surface area contributed by atoms with Crippen LogP contribution < -0.4 is 24.9 Å². The zero-order chi connectivity index (χ0) is 41.5. The minimum atomic E-state index is -2.56. The minimum absolute atomic E-state index is 0.0533. The van der Waals surface area contributed by atoms with E-state index in [9.17, 15) is 14.7 Å². The maximum absolute atomic E-state index is 15.5. The first-order valence-electron chi connectivity index (χ1n) is 20.2. The van der Waals surface area contributed by atoms with E-state index in [0.29, 0.717) is 41.2 Å². The molecule has 3 heterocycles. The molecule has 0 aliphatic carbocycles. The van der Waals surface area contributed by atoms with Crippen molar-refractivity contribution in [3.63, 3.8) is 0 Å². The molecule has 0 bridgehead atoms. The molecule has 0 saturated carbocycles. The third-order valence-corrected chi connectivity index (χ3v) is 17.2. The summed E-state index contributed by atoms with van der Waals surface area (Å²) < 4.78 is 18.6. The number of aliphatic hydroxyl groups is 1. The Labute approximate surface area is 346 Å². The molecule has 304 valence electrons. The van der Waals surface area contributed by atoms with E-state index in [-0.39, 0.29) is 54.8 Å². The second-order valence-electron chi connectivity index (χ2n) is 16.5. The molecule has 5 aromatic rings. The molecule has 8 rings (SSSR count). The van der Waals surface area contributed by atoms with Crippen molar-refractivity contribution in [2.75, 3.05) is 31.0 Å². The standard InChI is InChI=1S/C48H51N3O7Si/c1-31-45(59(4,5)40-21-18-38(56-2)19-22-40)43(27-44(53)50-29-35-16-10-9-15-34(35)25-37(50)30-52)58-48(31)41-26-39(57-3)20-23-42(41)51(47(48)55)28-32-12-11-17-36(24-32)49-46(54)33-13-7-6-8-14-33/h6-24,26,31,37,43,45,52H,25,27-30H2,1-5H3,(H,49,54)/t31-,37+,43+,45-,48+/m1/s1. The smallest absolute Gasteiger partial charge is 0.264 e. The summed E-state index contributed by atoms with van der Waals surface area (Å²) >= 11 is 0. The number of anilines is 2. The number of nitrogens with zero attached hydrogens (tertiary/aromatic N) is 2. The number of benzene rings is 5. The van der Waals surface area contributed by atoms with E-state index in [1.165, 1.54) is 0 Å². The van der Waals surface area contributed by atoms with Crippen molar-refractivity contribution in [3.8, 4) is 11.5 Å². The predicted octanol–water partition coefficient (Wildman–Crippen LogP) is 7.05. The zero-order valence-corrected chi connectivity index (χ0v) is 35.2. The van der Waals surface area contributed by atoms with Gasteiger partial charge in [0.1, 0.15) is 11.5 Å². The van der Waals surface area contributed by atoms with Crippen LogP contribution in [0.4, 0.5) is 11.4 Å². The molecule has 0 unspecified atom stereocenters. The highest BCUT2D eigenvalue weighted by molar-refractivity contribution is 6.91. The van der Waals surface area contributed by atoms with Crippen molar-refractivity contribution in [1.29, 1.82) is 0 Å². The number of amides is 3. The van der Waals surface area contributed by atoms with Crippen LogP contribution in [-0.4, -0.2) is 68.8 Å². The molecule has 0 radical (unpaired) electrons. The summed E-state index contributed by atoms with van der Waals surface area (Å²) in [5.41, 5.74) is 4.02. The second kappa shape index (κ2) is 16.1. The lowest BCUT2D eigenvalue weighted by Gasteiger charge is -2.39. The van der Waals surface area contributed by atoms with E-state index >= 15 is 4.79 Å². The third kappa shape index (κ3) is 7.21. The molecule has 1 saturated heterocycles. The number of carbonyl (C=O) groups excluding carboxylic acids is 3. The highest BCUT2D eigenvalue weighted by atomic mass is 28.3. The lowest BCUT2D eigenvalue weighted by atomic mass is 9.82. The summed E-state index contributed by atoms with van der Waals surface area (Å²) in [6, 6.07) is 38.1. The largest absolute Gasteiger partial charge is 0.497 e. The van der Waals surface area contributed by atoms with Crippen molar-refractivity contribution in [3.05, 3.63) is 149 Å². The molecule has 3 aliphatic heterocycles. The molecule has 1 fully saturated rings. The predicted molar refractivity (Wildman–Crippen MR) is 231 cm³/mol. The zero-order valence-electron chi connectivity index (χ0n) is 34.2. The van der Waals surface area contributed by atoms with E-state index in [4.69, 9.17) is 14.2 Å². The first kappa shape index (κ1) is 40.0. The lowest BCUT2D eigenvalue weighted by molar-refractivity contribution is -0.151. The maximum atomic E-state index is 15.5. The van der Waals surface area contributed by atoms with Gasteiger partial charge in [0.05, 0.1) is 59.7 Å². The van der Waals surface area contributed by atoms with Crippen LogP contribution in [0, 0.1) is 5.92 Å². The quantitative estimate of drug-likeness (QED) is 0.137. The van der Waals surface area contributed by atoms with Crippen LogP contribution in [0.3, 0.4) is 0 Å². The fourth-order valence-electron chi connectivity index (χ4n) is 9.83. The molecule has 5 aromatic carbocycles. The van der Waals surface area contributed by atoms with Crippen LogP contribution in [0.2, 0.25) is 18.6 Å². The molecular weight excluding hydrogens is 759 g/mol. The maximum Gasteiger partial charge on any atom is 0.264 e. The van der Waals surface area contributed by atoms with Crippen LogP contribution in [0.15, 0.2) is 121 Å². The van der Waals surface area contributed by atoms with Crippen molar-refractivity contribution < 1.29 is 33.7 Å². The molecule has 2 N–H and O–H groups in total. The topological polar surface area (TPSA) is 118 Å². The van der Waals surface area contributed by atoms with Gasteiger partial charge in [-0.3, -0.25) is 14.4 Å². The van der Waals surface area contributed by atoms with Crippen LogP contribution in [0.1, 0.15) is 46.0 Å². The average molecular weight is 810 g/mol. The van der Waals surface area contributed by atoms with E-state index in [1.54, 1.807) is 36.2 Å². The van der Waals surface area contributed by atoms with Crippen molar-refractivity contribution >= 4 is 42.4 Å². The van der Waals surface area contributed by atoms with Gasteiger partial charge in [0.25, 0.3) is 11.8 Å². The Kier molecular flexibility index (Phi) is 10.9. The van der Waals surface area contributed by atoms with Crippen LogP contribution >= 0.6 is 0 Å². The molecule has 0 aromatic heterocycles. The van der Waals surface area contributed by atoms with Crippen molar-refractivity contribution in [2.45, 2.75) is 69.2 Å². The Balaban J connectivity index is 1.17. The van der Waals surface area contributed by atoms with Gasteiger partial charge in [0.2, 0.25) is 5.91 Å². The SMILES string of the molecule is COc1ccc([Si](C)(C)[C@H]2[C@H](CC(=O)N3Cc4ccccc4C[C@H]3CO)O[C@@]3(C(=O)N(Cc4cccc(NC(=O)c5ccccc5)c4)c4ccc(OC)cc43)[C@@H]2C)cc1. The molecule has 3 aliphatic rings. The first-order valence-corrected chi connectivity index (χ1v) is 23.3. The van der Waals surface area contributed by atoms with Gasteiger partial charge in [-0.25, -0.2) is 0 Å². The highest BCUT2D eigenvalue weighted by Crippen LogP contribution is 2.60. The van der Waals surface area contributed by atoms with E-state index < -0.39 is 19.8 Å². The number of carbonyl (C=O) groups is 3. The fraction of sp³-hybridized carbons (Fsp3) is 0.312. The summed E-state index contributed by atoms with van der Waals surface area (Å²) in [6.45, 7) is 7.16. The number of methoxy groups -OCH3 is 2. The van der Waals surface area contributed by atoms with Gasteiger partial charge in [-0.15, -0.1) is 0 Å². The summed E-state index contributed by atoms with van der Waals surface area (Å²) in [5.74, 6) is 0.467. The minimum Gasteiger partial charge on any atom is -0.497 e. The molecule has 3 amide bonds. The molecular formula is C48H51N3O7Si. The molecule has 1 spiro atoms. The summed E-state index contributed by atoms with van der Waals surface area (Å²) in [4.78, 5) is 46.7. The molecule has 10 nitrogen and oxygen atoms in total. The number of hydrogen-bond acceptors (Lipinski definition) is 7.